The van der Waals surface area contributed by atoms with Crippen molar-refractivity contribution in [3.05, 3.63) is 42.1 Å². The normalized spacial score (nSPS) is 16.6. The molecule has 0 radical (unpaired) electrons. The number of amides is 1. The lowest BCUT2D eigenvalue weighted by Crippen LogP contribution is -2.44. The first-order valence-electron chi connectivity index (χ1n) is 10.4. The van der Waals surface area contributed by atoms with Crippen LogP contribution in [-0.4, -0.2) is 53.4 Å². The number of alkyl carbamates (subject to hydrolysis) is 1. The molecule has 2 N–H and O–H groups in total. The Morgan fingerprint density at radius 1 is 1.32 bits per heavy atom. The van der Waals surface area contributed by atoms with Crippen LogP contribution in [0.15, 0.2) is 45.9 Å². The Balaban J connectivity index is 0.00000341. The van der Waals surface area contributed by atoms with Gasteiger partial charge in [-0.2, -0.15) is 0 Å². The quantitative estimate of drug-likeness (QED) is 0.338. The van der Waals surface area contributed by atoms with Gasteiger partial charge in [0.25, 0.3) is 0 Å². The molecule has 0 saturated carbocycles. The number of hydrogen-bond donors (Lipinski definition) is 2. The zero-order valence-electron chi connectivity index (χ0n) is 18.6. The first-order chi connectivity index (χ1) is 14.3. The van der Waals surface area contributed by atoms with Gasteiger partial charge in [-0.3, -0.25) is 0 Å². The number of ether oxygens (including phenoxy) is 1. The molecule has 1 atom stereocenters. The van der Waals surface area contributed by atoms with E-state index >= 15 is 0 Å². The summed E-state index contributed by atoms with van der Waals surface area (Å²) in [5.74, 6) is 1.53. The van der Waals surface area contributed by atoms with Crippen molar-refractivity contribution in [2.45, 2.75) is 52.3 Å². The molecule has 2 heterocycles. The molecule has 0 spiro atoms. The molecule has 3 rings (SSSR count). The fraction of sp³-hybridized carbons (Fsp3) is 0.500. The third kappa shape index (κ3) is 7.71. The highest BCUT2D eigenvalue weighted by atomic mass is 127. The van der Waals surface area contributed by atoms with Crippen molar-refractivity contribution in [3.8, 4) is 11.3 Å². The summed E-state index contributed by atoms with van der Waals surface area (Å²) in [5.41, 5.74) is 1.25. The van der Waals surface area contributed by atoms with Gasteiger partial charge in [0.1, 0.15) is 11.3 Å². The van der Waals surface area contributed by atoms with Gasteiger partial charge in [-0.25, -0.2) is 9.79 Å². The molecule has 1 unspecified atom stereocenters. The predicted octanol–water partition coefficient (Wildman–Crippen LogP) is 4.02. The lowest BCUT2D eigenvalue weighted by molar-refractivity contribution is 0.0507. The van der Waals surface area contributed by atoms with Gasteiger partial charge in [0.15, 0.2) is 11.7 Å². The van der Waals surface area contributed by atoms with E-state index < -0.39 is 5.60 Å². The fourth-order valence-corrected chi connectivity index (χ4v) is 3.25. The summed E-state index contributed by atoms with van der Waals surface area (Å²) in [5, 5.41) is 10.4. The van der Waals surface area contributed by atoms with Gasteiger partial charge in [-0.1, -0.05) is 35.5 Å². The van der Waals surface area contributed by atoms with Crippen LogP contribution in [0.25, 0.3) is 11.3 Å². The lowest BCUT2D eigenvalue weighted by Gasteiger charge is -2.23. The van der Waals surface area contributed by atoms with Crippen LogP contribution >= 0.6 is 24.0 Å². The Labute approximate surface area is 200 Å². The van der Waals surface area contributed by atoms with Gasteiger partial charge >= 0.3 is 6.09 Å². The van der Waals surface area contributed by atoms with Gasteiger partial charge in [0.2, 0.25) is 0 Å². The number of aliphatic imine (C=N–C) groups is 1. The van der Waals surface area contributed by atoms with Crippen molar-refractivity contribution in [1.29, 1.82) is 0 Å². The van der Waals surface area contributed by atoms with E-state index in [0.717, 1.165) is 42.5 Å². The van der Waals surface area contributed by atoms with E-state index in [1.165, 1.54) is 0 Å². The minimum Gasteiger partial charge on any atom is -0.444 e. The van der Waals surface area contributed by atoms with E-state index in [1.807, 2.05) is 64.1 Å². The van der Waals surface area contributed by atoms with Gasteiger partial charge < -0.3 is 24.8 Å². The molecule has 8 nitrogen and oxygen atoms in total. The molecule has 1 amide bonds. The average Bonchev–Trinajstić information content (AvgIpc) is 3.34. The lowest BCUT2D eigenvalue weighted by atomic mass is 10.2. The molecule has 0 aliphatic carbocycles. The molecule has 2 aromatic rings. The third-order valence-electron chi connectivity index (χ3n) is 4.55. The summed E-state index contributed by atoms with van der Waals surface area (Å²) >= 11 is 0. The average molecular weight is 541 g/mol. The van der Waals surface area contributed by atoms with Gasteiger partial charge in [0, 0.05) is 31.3 Å². The van der Waals surface area contributed by atoms with Gasteiger partial charge in [-0.15, -0.1) is 24.0 Å². The number of carbonyl (C=O) groups excluding carboxylic acids is 1. The van der Waals surface area contributed by atoms with E-state index in [1.54, 1.807) is 0 Å². The predicted molar refractivity (Wildman–Crippen MR) is 132 cm³/mol. The van der Waals surface area contributed by atoms with E-state index in [2.05, 4.69) is 20.7 Å². The summed E-state index contributed by atoms with van der Waals surface area (Å²) in [6.07, 6.45) is 0.457. The highest BCUT2D eigenvalue weighted by Gasteiger charge is 2.27. The number of aromatic nitrogens is 1. The molecule has 1 aliphatic rings. The molecule has 170 valence electrons. The molecule has 0 bridgehead atoms. The third-order valence-corrected chi connectivity index (χ3v) is 4.55. The maximum Gasteiger partial charge on any atom is 0.407 e. The Bertz CT molecular complexity index is 864. The number of likely N-dealkylation sites (tertiary alicyclic amines) is 1. The Kier molecular flexibility index (Phi) is 9.15. The molecular formula is C22H32IN5O3. The number of nitrogens with zero attached hydrogens (tertiary/aromatic N) is 3. The van der Waals surface area contributed by atoms with Crippen molar-refractivity contribution < 1.29 is 14.1 Å². The number of halogens is 1. The van der Waals surface area contributed by atoms with Crippen LogP contribution in [0.2, 0.25) is 0 Å². The first kappa shape index (κ1) is 25.0. The number of guanidine groups is 1. The van der Waals surface area contributed by atoms with Crippen molar-refractivity contribution >= 4 is 36.0 Å². The number of carbonyl (C=O) groups is 1. The summed E-state index contributed by atoms with van der Waals surface area (Å²) in [7, 11) is 0. The van der Waals surface area contributed by atoms with Crippen molar-refractivity contribution in [1.82, 2.24) is 20.7 Å². The van der Waals surface area contributed by atoms with Crippen LogP contribution in [0.3, 0.4) is 0 Å². The Morgan fingerprint density at radius 2 is 2.06 bits per heavy atom. The Hall–Kier alpha value is -2.30. The smallest absolute Gasteiger partial charge is 0.407 e. The van der Waals surface area contributed by atoms with Crippen molar-refractivity contribution in [2.75, 3.05) is 19.6 Å². The minimum atomic E-state index is -0.505. The number of hydrogen-bond acceptors (Lipinski definition) is 5. The molecule has 1 aliphatic heterocycles. The second-order valence-corrected chi connectivity index (χ2v) is 8.30. The van der Waals surface area contributed by atoms with Crippen LogP contribution < -0.4 is 10.6 Å². The number of rotatable bonds is 5. The Morgan fingerprint density at radius 3 is 2.74 bits per heavy atom. The zero-order valence-corrected chi connectivity index (χ0v) is 20.9. The molecule has 1 fully saturated rings. The second-order valence-electron chi connectivity index (χ2n) is 8.30. The summed E-state index contributed by atoms with van der Waals surface area (Å²) in [6.45, 7) is 10.3. The SMILES string of the molecule is CCNC(=NCc1cc(-c2ccccc2)on1)N1CCC(NC(=O)OC(C)(C)C)C1.I. The van der Waals surface area contributed by atoms with Crippen molar-refractivity contribution in [3.63, 3.8) is 0 Å². The van der Waals surface area contributed by atoms with Crippen LogP contribution in [0.5, 0.6) is 0 Å². The first-order valence-corrected chi connectivity index (χ1v) is 10.4. The maximum absolute atomic E-state index is 12.0. The molecule has 31 heavy (non-hydrogen) atoms. The standard InChI is InChI=1S/C22H31N5O3.HI/c1-5-23-20(27-12-11-17(15-27)25-21(28)29-22(2,3)4)24-14-18-13-19(30-26-18)16-9-7-6-8-10-16;/h6-10,13,17H,5,11-12,14-15H2,1-4H3,(H,23,24)(H,25,28);1H. The molecule has 9 heteroatoms. The van der Waals surface area contributed by atoms with Gasteiger partial charge in [0.05, 0.1) is 12.6 Å². The van der Waals surface area contributed by atoms with Crippen LogP contribution in [0.4, 0.5) is 4.79 Å². The van der Waals surface area contributed by atoms with E-state index in [9.17, 15) is 4.79 Å². The fourth-order valence-electron chi connectivity index (χ4n) is 3.25. The van der Waals surface area contributed by atoms with Crippen molar-refractivity contribution in [2.24, 2.45) is 4.99 Å². The van der Waals surface area contributed by atoms with E-state index in [4.69, 9.17) is 14.3 Å². The minimum absolute atomic E-state index is 0. The van der Waals surface area contributed by atoms with Crippen LogP contribution in [0, 0.1) is 0 Å². The number of nitrogens with one attached hydrogen (secondary N) is 2. The topological polar surface area (TPSA) is 92.0 Å². The summed E-state index contributed by atoms with van der Waals surface area (Å²) in [6, 6.07) is 11.8. The highest BCUT2D eigenvalue weighted by Crippen LogP contribution is 2.20. The molecule has 1 saturated heterocycles. The van der Waals surface area contributed by atoms with Gasteiger partial charge in [-0.05, 0) is 34.1 Å². The van der Waals surface area contributed by atoms with Crippen LogP contribution in [0.1, 0.15) is 39.8 Å². The molecule has 1 aromatic heterocycles. The molecule has 1 aromatic carbocycles. The maximum atomic E-state index is 12.0. The molecular weight excluding hydrogens is 509 g/mol. The zero-order chi connectivity index (χ0) is 21.6. The number of benzene rings is 1. The van der Waals surface area contributed by atoms with E-state index in [-0.39, 0.29) is 36.1 Å². The highest BCUT2D eigenvalue weighted by molar-refractivity contribution is 14.0. The summed E-state index contributed by atoms with van der Waals surface area (Å²) in [4.78, 5) is 18.9. The van der Waals surface area contributed by atoms with E-state index in [0.29, 0.717) is 13.1 Å². The monoisotopic (exact) mass is 541 g/mol. The van der Waals surface area contributed by atoms with Crippen LogP contribution in [-0.2, 0) is 11.3 Å². The second kappa shape index (κ2) is 11.4. The summed E-state index contributed by atoms with van der Waals surface area (Å²) < 4.78 is 10.8. The largest absolute Gasteiger partial charge is 0.444 e.